The van der Waals surface area contributed by atoms with Gasteiger partial charge in [-0.2, -0.15) is 0 Å². The Morgan fingerprint density at radius 3 is 1.96 bits per heavy atom. The maximum absolute atomic E-state index is 12.0. The summed E-state index contributed by atoms with van der Waals surface area (Å²) in [5.41, 5.74) is 4.73. The Morgan fingerprint density at radius 2 is 1.58 bits per heavy atom. The minimum atomic E-state index is -1.93. The molecule has 0 spiro atoms. The summed E-state index contributed by atoms with van der Waals surface area (Å²) in [5.74, 6) is 2.39. The molecule has 0 aromatic carbocycles. The molecular formula is C22H38OSi. The molecule has 24 heavy (non-hydrogen) atoms. The summed E-state index contributed by atoms with van der Waals surface area (Å²) in [6.07, 6.45) is 8.08. The monoisotopic (exact) mass is 346 g/mol. The zero-order valence-corrected chi connectivity index (χ0v) is 18.4. The van der Waals surface area contributed by atoms with Gasteiger partial charge in [0.15, 0.2) is 0 Å². The standard InChI is InChI=1S/C22H38OSi/c1-16(2)24(17(3)4,18(5)6)20(15-23)12-13-21-19(7)11-10-14-22(21,8)9/h12-13,16-18H,10-11,14H2,1-9H3/b13-12+. The summed E-state index contributed by atoms with van der Waals surface area (Å²) < 4.78 is 0. The average molecular weight is 347 g/mol. The van der Waals surface area contributed by atoms with Gasteiger partial charge in [0.25, 0.3) is 0 Å². The van der Waals surface area contributed by atoms with Crippen LogP contribution in [-0.4, -0.2) is 14.0 Å². The van der Waals surface area contributed by atoms with Crippen molar-refractivity contribution in [3.05, 3.63) is 28.5 Å². The summed E-state index contributed by atoms with van der Waals surface area (Å²) in [4.78, 5) is 12.0. The highest BCUT2D eigenvalue weighted by molar-refractivity contribution is 6.91. The van der Waals surface area contributed by atoms with Gasteiger partial charge in [0, 0.05) is 5.20 Å². The molecule has 0 amide bonds. The van der Waals surface area contributed by atoms with Crippen LogP contribution in [0.4, 0.5) is 0 Å². The Morgan fingerprint density at radius 1 is 1.08 bits per heavy atom. The van der Waals surface area contributed by atoms with Crippen molar-refractivity contribution in [2.45, 2.75) is 98.2 Å². The summed E-state index contributed by atoms with van der Waals surface area (Å²) >= 11 is 0. The normalized spacial score (nSPS) is 18.8. The average Bonchev–Trinajstić information content (AvgIpc) is 2.43. The second-order valence-corrected chi connectivity index (χ2v) is 15.0. The molecule has 0 saturated heterocycles. The third-order valence-electron chi connectivity index (χ3n) is 6.40. The third kappa shape index (κ3) is 3.86. The number of hydrogen-bond acceptors (Lipinski definition) is 1. The van der Waals surface area contributed by atoms with E-state index in [9.17, 15) is 4.79 Å². The predicted octanol–water partition coefficient (Wildman–Crippen LogP) is 7.05. The van der Waals surface area contributed by atoms with Crippen molar-refractivity contribution >= 4 is 14.0 Å². The second-order valence-electron chi connectivity index (χ2n) is 9.18. The number of rotatable bonds is 6. The van der Waals surface area contributed by atoms with Gasteiger partial charge in [-0.1, -0.05) is 73.1 Å². The van der Waals surface area contributed by atoms with Crippen molar-refractivity contribution < 1.29 is 4.79 Å². The van der Waals surface area contributed by atoms with Crippen LogP contribution in [0, 0.1) is 5.41 Å². The number of allylic oxidation sites excluding steroid dienone is 5. The fraction of sp³-hybridized carbons (Fsp3) is 0.727. The van der Waals surface area contributed by atoms with Gasteiger partial charge in [0.1, 0.15) is 14.0 Å². The quantitative estimate of drug-likeness (QED) is 0.286. The Bertz CT molecular complexity index is 533. The fourth-order valence-electron chi connectivity index (χ4n) is 5.38. The first kappa shape index (κ1) is 21.2. The number of hydrogen-bond donors (Lipinski definition) is 0. The van der Waals surface area contributed by atoms with Crippen LogP contribution in [0.3, 0.4) is 0 Å². The lowest BCUT2D eigenvalue weighted by Gasteiger charge is -2.42. The van der Waals surface area contributed by atoms with Crippen molar-refractivity contribution in [1.29, 1.82) is 0 Å². The third-order valence-corrected chi connectivity index (χ3v) is 13.3. The SMILES string of the molecule is CC1=C(/C=C/C(=C=O)[Si](C(C)C)(C(C)C)C(C)C)C(C)(C)CCC1. The largest absolute Gasteiger partial charge is 0.234 e. The summed E-state index contributed by atoms with van der Waals surface area (Å²) in [6.45, 7) is 20.7. The van der Waals surface area contributed by atoms with Gasteiger partial charge in [-0.3, -0.25) is 0 Å². The van der Waals surface area contributed by atoms with E-state index in [-0.39, 0.29) is 5.41 Å². The zero-order valence-electron chi connectivity index (χ0n) is 17.4. The topological polar surface area (TPSA) is 17.1 Å². The maximum atomic E-state index is 12.0. The molecule has 1 nitrogen and oxygen atoms in total. The highest BCUT2D eigenvalue weighted by atomic mass is 28.3. The van der Waals surface area contributed by atoms with Crippen LogP contribution in [0.25, 0.3) is 0 Å². The Hall–Kier alpha value is -0.853. The van der Waals surface area contributed by atoms with Crippen LogP contribution >= 0.6 is 0 Å². The summed E-state index contributed by atoms with van der Waals surface area (Å²) in [6, 6.07) is 0. The van der Waals surface area contributed by atoms with E-state index >= 15 is 0 Å². The van der Waals surface area contributed by atoms with E-state index in [4.69, 9.17) is 0 Å². The van der Waals surface area contributed by atoms with E-state index in [1.165, 1.54) is 30.4 Å². The van der Waals surface area contributed by atoms with Crippen LogP contribution in [0.1, 0.15) is 81.6 Å². The Labute approximate surface area is 151 Å². The highest BCUT2D eigenvalue weighted by Crippen LogP contribution is 2.47. The van der Waals surface area contributed by atoms with Gasteiger partial charge < -0.3 is 0 Å². The lowest BCUT2D eigenvalue weighted by atomic mass is 9.73. The van der Waals surface area contributed by atoms with E-state index in [1.807, 2.05) is 0 Å². The Balaban J connectivity index is 3.39. The minimum Gasteiger partial charge on any atom is -0.234 e. The molecular weight excluding hydrogens is 308 g/mol. The molecule has 2 heteroatoms. The highest BCUT2D eigenvalue weighted by Gasteiger charge is 2.46. The molecule has 0 bridgehead atoms. The maximum Gasteiger partial charge on any atom is 0.123 e. The van der Waals surface area contributed by atoms with Crippen molar-refractivity contribution in [1.82, 2.24) is 0 Å². The van der Waals surface area contributed by atoms with Crippen LogP contribution in [0.15, 0.2) is 28.5 Å². The first-order valence-corrected chi connectivity index (χ1v) is 11.9. The van der Waals surface area contributed by atoms with Gasteiger partial charge in [0.05, 0.1) is 0 Å². The molecule has 0 aliphatic heterocycles. The van der Waals surface area contributed by atoms with E-state index in [1.54, 1.807) is 0 Å². The first-order chi connectivity index (χ1) is 11.0. The predicted molar refractivity (Wildman–Crippen MR) is 110 cm³/mol. The van der Waals surface area contributed by atoms with Crippen molar-refractivity contribution in [3.8, 4) is 0 Å². The molecule has 1 rings (SSSR count). The van der Waals surface area contributed by atoms with E-state index < -0.39 is 8.07 Å². The minimum absolute atomic E-state index is 0.213. The first-order valence-electron chi connectivity index (χ1n) is 9.65. The molecule has 0 unspecified atom stereocenters. The van der Waals surface area contributed by atoms with E-state index in [0.717, 1.165) is 5.20 Å². The molecule has 0 radical (unpaired) electrons. The molecule has 0 saturated carbocycles. The molecule has 0 aromatic rings. The van der Waals surface area contributed by atoms with Gasteiger partial charge in [-0.15, -0.1) is 0 Å². The lowest BCUT2D eigenvalue weighted by Crippen LogP contribution is -2.46. The summed E-state index contributed by atoms with van der Waals surface area (Å²) in [7, 11) is -1.93. The Kier molecular flexibility index (Phi) is 7.08. The second kappa shape index (κ2) is 8.02. The molecule has 136 valence electrons. The van der Waals surface area contributed by atoms with Gasteiger partial charge in [0.2, 0.25) is 0 Å². The molecule has 1 aliphatic carbocycles. The molecule has 1 aliphatic rings. The molecule has 0 aromatic heterocycles. The summed E-state index contributed by atoms with van der Waals surface area (Å²) in [5, 5.41) is 0.976. The van der Waals surface area contributed by atoms with Crippen LogP contribution in [-0.2, 0) is 4.79 Å². The smallest absolute Gasteiger partial charge is 0.123 e. The van der Waals surface area contributed by atoms with Crippen molar-refractivity contribution in [2.75, 3.05) is 0 Å². The van der Waals surface area contributed by atoms with Crippen molar-refractivity contribution in [2.24, 2.45) is 5.41 Å². The lowest BCUT2D eigenvalue weighted by molar-refractivity contribution is 0.377. The number of carbonyl (C=O) groups excluding carboxylic acids is 1. The van der Waals surface area contributed by atoms with E-state index in [0.29, 0.717) is 16.6 Å². The molecule has 0 heterocycles. The van der Waals surface area contributed by atoms with E-state index in [2.05, 4.69) is 80.4 Å². The van der Waals surface area contributed by atoms with Crippen LogP contribution < -0.4 is 0 Å². The zero-order chi connectivity index (χ0) is 18.7. The fourth-order valence-corrected chi connectivity index (χ4v) is 11.8. The molecule has 0 N–H and O–H groups in total. The van der Waals surface area contributed by atoms with Gasteiger partial charge >= 0.3 is 0 Å². The molecule has 0 fully saturated rings. The van der Waals surface area contributed by atoms with Crippen LogP contribution in [0.5, 0.6) is 0 Å². The van der Waals surface area contributed by atoms with Crippen molar-refractivity contribution in [3.63, 3.8) is 0 Å². The molecule has 0 atom stereocenters. The van der Waals surface area contributed by atoms with Gasteiger partial charge in [-0.05, 0) is 53.8 Å². The van der Waals surface area contributed by atoms with Crippen LogP contribution in [0.2, 0.25) is 16.6 Å². The van der Waals surface area contributed by atoms with Gasteiger partial charge in [-0.25, -0.2) is 4.79 Å².